The molecule has 0 radical (unpaired) electrons. The summed E-state index contributed by atoms with van der Waals surface area (Å²) in [6.45, 7) is 8.99. The molecule has 1 fully saturated rings. The molecule has 0 bridgehead atoms. The van der Waals surface area contributed by atoms with Crippen LogP contribution in [0.3, 0.4) is 0 Å². The number of pyridine rings is 1. The number of rotatable bonds is 8. The van der Waals surface area contributed by atoms with Gasteiger partial charge in [0.05, 0.1) is 29.7 Å². The minimum atomic E-state index is -0.289. The zero-order chi connectivity index (χ0) is 20.1. The third-order valence-electron chi connectivity index (χ3n) is 5.27. The second kappa shape index (κ2) is 9.14. The van der Waals surface area contributed by atoms with Crippen LogP contribution in [0, 0.1) is 6.92 Å². The van der Waals surface area contributed by atoms with Crippen molar-refractivity contribution in [3.8, 4) is 0 Å². The topological polar surface area (TPSA) is 88.8 Å². The first-order valence-electron chi connectivity index (χ1n) is 9.94. The van der Waals surface area contributed by atoms with E-state index < -0.39 is 0 Å². The number of carbonyl (C=O) groups is 2. The molecule has 0 saturated carbocycles. The van der Waals surface area contributed by atoms with E-state index in [1.165, 1.54) is 6.20 Å². The average molecular weight is 388 g/mol. The van der Waals surface area contributed by atoms with Crippen molar-refractivity contribution in [1.29, 1.82) is 0 Å². The minimum Gasteiger partial charge on any atom is -0.466 e. The van der Waals surface area contributed by atoms with E-state index in [4.69, 9.17) is 9.26 Å². The molecule has 1 saturated heterocycles. The van der Waals surface area contributed by atoms with Crippen LogP contribution in [0.4, 0.5) is 0 Å². The van der Waals surface area contributed by atoms with Gasteiger partial charge in [-0.2, -0.15) is 0 Å². The Morgan fingerprint density at radius 1 is 1.39 bits per heavy atom. The van der Waals surface area contributed by atoms with Crippen LogP contribution in [0.1, 0.15) is 49.2 Å². The van der Waals surface area contributed by atoms with Crippen molar-refractivity contribution in [2.24, 2.45) is 0 Å². The van der Waals surface area contributed by atoms with E-state index in [2.05, 4.69) is 22.0 Å². The molecule has 8 heteroatoms. The maximum atomic E-state index is 13.2. The van der Waals surface area contributed by atoms with Crippen molar-refractivity contribution < 1.29 is 18.8 Å². The predicted molar refractivity (Wildman–Crippen MR) is 104 cm³/mol. The maximum absolute atomic E-state index is 13.2. The van der Waals surface area contributed by atoms with Crippen LogP contribution in [0.5, 0.6) is 0 Å². The molecule has 1 amide bonds. The summed E-state index contributed by atoms with van der Waals surface area (Å²) in [5.41, 5.74) is 1.59. The highest BCUT2D eigenvalue weighted by atomic mass is 16.5. The molecular formula is C20H28N4O4. The van der Waals surface area contributed by atoms with Crippen molar-refractivity contribution in [2.75, 3.05) is 32.8 Å². The van der Waals surface area contributed by atoms with Gasteiger partial charge in [0.25, 0.3) is 11.6 Å². The van der Waals surface area contributed by atoms with Gasteiger partial charge in [0.15, 0.2) is 0 Å². The fourth-order valence-corrected chi connectivity index (χ4v) is 3.75. The number of likely N-dealkylation sites (N-methyl/N-ethyl adjacent to an activating group) is 1. The number of likely N-dealkylation sites (tertiary alicyclic amines) is 1. The summed E-state index contributed by atoms with van der Waals surface area (Å²) in [5, 5.41) is 4.62. The van der Waals surface area contributed by atoms with E-state index in [0.717, 1.165) is 31.3 Å². The average Bonchev–Trinajstić information content (AvgIpc) is 3.30. The van der Waals surface area contributed by atoms with E-state index in [0.29, 0.717) is 42.7 Å². The standard InChI is InChI=1S/C20H28N4O4/c1-4-23-9-6-7-16(23)13-24(10-8-18(25)27-5-2)20(26)15-11-17-14(3)22-28-19(17)21-12-15/h11-12,16H,4-10,13H2,1-3H3/t16-/m0/s1. The molecule has 0 aromatic carbocycles. The van der Waals surface area contributed by atoms with Crippen LogP contribution < -0.4 is 0 Å². The maximum Gasteiger partial charge on any atom is 0.307 e. The summed E-state index contributed by atoms with van der Waals surface area (Å²) in [6.07, 6.45) is 3.88. The Balaban J connectivity index is 1.79. The lowest BCUT2D eigenvalue weighted by Gasteiger charge is -2.30. The van der Waals surface area contributed by atoms with Crippen molar-refractivity contribution in [3.05, 3.63) is 23.5 Å². The molecule has 0 N–H and O–H groups in total. The normalized spacial score (nSPS) is 17.2. The molecule has 28 heavy (non-hydrogen) atoms. The van der Waals surface area contributed by atoms with Crippen LogP contribution >= 0.6 is 0 Å². The first-order valence-corrected chi connectivity index (χ1v) is 9.94. The Morgan fingerprint density at radius 2 is 2.21 bits per heavy atom. The minimum absolute atomic E-state index is 0.137. The zero-order valence-electron chi connectivity index (χ0n) is 16.8. The zero-order valence-corrected chi connectivity index (χ0v) is 16.8. The third kappa shape index (κ3) is 4.49. The van der Waals surface area contributed by atoms with Crippen LogP contribution in [0.15, 0.2) is 16.8 Å². The second-order valence-corrected chi connectivity index (χ2v) is 7.08. The van der Waals surface area contributed by atoms with E-state index in [9.17, 15) is 9.59 Å². The molecule has 1 atom stereocenters. The number of hydrogen-bond acceptors (Lipinski definition) is 7. The molecular weight excluding hydrogens is 360 g/mol. The summed E-state index contributed by atoms with van der Waals surface area (Å²) in [7, 11) is 0. The lowest BCUT2D eigenvalue weighted by Crippen LogP contribution is -2.44. The van der Waals surface area contributed by atoms with Gasteiger partial charge in [0, 0.05) is 25.3 Å². The first-order chi connectivity index (χ1) is 13.5. The SMILES string of the molecule is CCOC(=O)CCN(C[C@@H]1CCCN1CC)C(=O)c1cnc2onc(C)c2c1. The van der Waals surface area contributed by atoms with Crippen LogP contribution in [-0.4, -0.2) is 70.6 Å². The number of carbonyl (C=O) groups excluding carboxylic acids is 2. The van der Waals surface area contributed by atoms with E-state index >= 15 is 0 Å². The Kier molecular flexibility index (Phi) is 6.61. The number of amides is 1. The predicted octanol–water partition coefficient (Wildman–Crippen LogP) is 2.41. The molecule has 0 spiro atoms. The summed E-state index contributed by atoms with van der Waals surface area (Å²) < 4.78 is 10.2. The molecule has 152 valence electrons. The second-order valence-electron chi connectivity index (χ2n) is 7.08. The largest absolute Gasteiger partial charge is 0.466 e. The van der Waals surface area contributed by atoms with E-state index in [1.807, 2.05) is 6.92 Å². The number of aromatic nitrogens is 2. The van der Waals surface area contributed by atoms with Crippen molar-refractivity contribution in [3.63, 3.8) is 0 Å². The van der Waals surface area contributed by atoms with Gasteiger partial charge in [-0.15, -0.1) is 0 Å². The highest BCUT2D eigenvalue weighted by Gasteiger charge is 2.28. The third-order valence-corrected chi connectivity index (χ3v) is 5.27. The summed E-state index contributed by atoms with van der Waals surface area (Å²) in [5.74, 6) is -0.426. The monoisotopic (exact) mass is 388 g/mol. The molecule has 1 aliphatic heterocycles. The molecule has 8 nitrogen and oxygen atoms in total. The lowest BCUT2D eigenvalue weighted by atomic mass is 10.1. The molecule has 0 aliphatic carbocycles. The van der Waals surface area contributed by atoms with Crippen LogP contribution in [0.25, 0.3) is 11.1 Å². The number of ether oxygens (including phenoxy) is 1. The molecule has 3 rings (SSSR count). The van der Waals surface area contributed by atoms with Gasteiger partial charge >= 0.3 is 5.97 Å². The summed E-state index contributed by atoms with van der Waals surface area (Å²) in [6, 6.07) is 2.07. The number of nitrogens with zero attached hydrogens (tertiary/aromatic N) is 4. The fourth-order valence-electron chi connectivity index (χ4n) is 3.75. The Labute approximate surface area is 164 Å². The molecule has 0 unspecified atom stereocenters. The van der Waals surface area contributed by atoms with Gasteiger partial charge in [-0.25, -0.2) is 4.98 Å². The number of aryl methyl sites for hydroxylation is 1. The molecule has 3 heterocycles. The van der Waals surface area contributed by atoms with Gasteiger partial charge in [0.2, 0.25) is 0 Å². The Bertz CT molecular complexity index is 835. The van der Waals surface area contributed by atoms with Gasteiger partial charge in [-0.3, -0.25) is 14.5 Å². The van der Waals surface area contributed by atoms with Crippen molar-refractivity contribution in [1.82, 2.24) is 19.9 Å². The smallest absolute Gasteiger partial charge is 0.307 e. The lowest BCUT2D eigenvalue weighted by molar-refractivity contribution is -0.143. The molecule has 2 aromatic heterocycles. The summed E-state index contributed by atoms with van der Waals surface area (Å²) in [4.78, 5) is 33.4. The van der Waals surface area contributed by atoms with Crippen molar-refractivity contribution in [2.45, 2.75) is 46.1 Å². The van der Waals surface area contributed by atoms with Crippen LogP contribution in [-0.2, 0) is 9.53 Å². The summed E-state index contributed by atoms with van der Waals surface area (Å²) >= 11 is 0. The van der Waals surface area contributed by atoms with Crippen molar-refractivity contribution >= 4 is 23.0 Å². The Hall–Kier alpha value is -2.48. The first kappa shape index (κ1) is 20.3. The van der Waals surface area contributed by atoms with Gasteiger partial charge in [0.1, 0.15) is 0 Å². The van der Waals surface area contributed by atoms with E-state index in [1.54, 1.807) is 17.9 Å². The van der Waals surface area contributed by atoms with Gasteiger partial charge in [-0.05, 0) is 45.8 Å². The molecule has 1 aliphatic rings. The van der Waals surface area contributed by atoms with Gasteiger partial charge < -0.3 is 14.2 Å². The number of esters is 1. The van der Waals surface area contributed by atoms with Gasteiger partial charge in [-0.1, -0.05) is 12.1 Å². The fraction of sp³-hybridized carbons (Fsp3) is 0.600. The highest BCUT2D eigenvalue weighted by Crippen LogP contribution is 2.21. The van der Waals surface area contributed by atoms with E-state index in [-0.39, 0.29) is 18.3 Å². The Morgan fingerprint density at radius 3 is 2.96 bits per heavy atom. The molecule has 2 aromatic rings. The number of hydrogen-bond donors (Lipinski definition) is 0. The van der Waals surface area contributed by atoms with Crippen LogP contribution in [0.2, 0.25) is 0 Å². The quantitative estimate of drug-likeness (QED) is 0.642. The number of fused-ring (bicyclic) bond motifs is 1. The highest BCUT2D eigenvalue weighted by molar-refractivity contribution is 5.97.